The highest BCUT2D eigenvalue weighted by Gasteiger charge is 2.11. The summed E-state index contributed by atoms with van der Waals surface area (Å²) in [5, 5.41) is 14.3. The van der Waals surface area contributed by atoms with E-state index >= 15 is 0 Å². The van der Waals surface area contributed by atoms with Gasteiger partial charge in [0.2, 0.25) is 0 Å². The number of piperidine rings is 1. The summed E-state index contributed by atoms with van der Waals surface area (Å²) in [4.78, 5) is 24.5. The van der Waals surface area contributed by atoms with Gasteiger partial charge in [0.15, 0.2) is 5.76 Å². The van der Waals surface area contributed by atoms with Gasteiger partial charge >= 0.3 is 5.88 Å². The van der Waals surface area contributed by atoms with Gasteiger partial charge in [0.05, 0.1) is 18.9 Å². The first-order valence-electron chi connectivity index (χ1n) is 10.1. The van der Waals surface area contributed by atoms with E-state index in [0.29, 0.717) is 12.2 Å². The number of carbonyl (C=O) groups excluding carboxylic acids is 1. The van der Waals surface area contributed by atoms with Crippen LogP contribution in [0.15, 0.2) is 45.9 Å². The minimum absolute atomic E-state index is 0.172. The summed E-state index contributed by atoms with van der Waals surface area (Å²) in [6.07, 6.45) is 7.30. The number of rotatable bonds is 10. The van der Waals surface area contributed by atoms with Gasteiger partial charge in [0, 0.05) is 5.56 Å². The highest BCUT2D eigenvalue weighted by Crippen LogP contribution is 2.15. The van der Waals surface area contributed by atoms with Crippen molar-refractivity contribution < 1.29 is 18.9 Å². The van der Waals surface area contributed by atoms with Gasteiger partial charge in [0.25, 0.3) is 5.91 Å². The van der Waals surface area contributed by atoms with Crippen LogP contribution in [0.3, 0.4) is 0 Å². The summed E-state index contributed by atoms with van der Waals surface area (Å²) in [5.41, 5.74) is 2.78. The van der Waals surface area contributed by atoms with Crippen molar-refractivity contribution in [3.05, 3.63) is 57.8 Å². The summed E-state index contributed by atoms with van der Waals surface area (Å²) in [6, 6.07) is 9.43. The normalized spacial score (nSPS) is 14.7. The van der Waals surface area contributed by atoms with E-state index in [9.17, 15) is 14.9 Å². The van der Waals surface area contributed by atoms with E-state index in [1.165, 1.54) is 50.7 Å². The summed E-state index contributed by atoms with van der Waals surface area (Å²) in [6.45, 7) is 4.22. The maximum atomic E-state index is 12.1. The van der Waals surface area contributed by atoms with Crippen molar-refractivity contribution in [1.29, 1.82) is 0 Å². The first kappa shape index (κ1) is 21.5. The number of nitrogens with zero attached hydrogens (tertiary/aromatic N) is 3. The van der Waals surface area contributed by atoms with Crippen molar-refractivity contribution in [1.82, 2.24) is 10.3 Å². The maximum absolute atomic E-state index is 12.1. The second-order valence-electron chi connectivity index (χ2n) is 7.11. The van der Waals surface area contributed by atoms with Crippen molar-refractivity contribution in [3.8, 4) is 5.75 Å². The second kappa shape index (κ2) is 11.1. The van der Waals surface area contributed by atoms with Crippen LogP contribution in [0.2, 0.25) is 0 Å². The molecule has 1 N–H and O–H groups in total. The number of amides is 1. The quantitative estimate of drug-likeness (QED) is 0.275. The van der Waals surface area contributed by atoms with Crippen molar-refractivity contribution in [2.45, 2.75) is 32.1 Å². The number of unbranched alkanes of at least 4 members (excludes halogenated alkanes) is 1. The Morgan fingerprint density at radius 3 is 2.63 bits per heavy atom. The highest BCUT2D eigenvalue weighted by molar-refractivity contribution is 5.94. The van der Waals surface area contributed by atoms with Crippen LogP contribution in [-0.4, -0.2) is 48.2 Å². The van der Waals surface area contributed by atoms with Crippen LogP contribution in [0.4, 0.5) is 5.88 Å². The average Bonchev–Trinajstić information content (AvgIpc) is 3.24. The van der Waals surface area contributed by atoms with E-state index in [1.54, 1.807) is 24.3 Å². The number of nitro groups is 1. The first-order valence-corrected chi connectivity index (χ1v) is 10.1. The predicted octanol–water partition coefficient (Wildman–Crippen LogP) is 3.60. The zero-order chi connectivity index (χ0) is 21.2. The minimum atomic E-state index is -0.645. The molecule has 9 nitrogen and oxygen atoms in total. The molecule has 9 heteroatoms. The zero-order valence-electron chi connectivity index (χ0n) is 16.8. The van der Waals surface area contributed by atoms with Crippen molar-refractivity contribution in [2.75, 3.05) is 26.2 Å². The fraction of sp³-hybridized carbons (Fsp3) is 0.429. The summed E-state index contributed by atoms with van der Waals surface area (Å²) in [5.74, 6) is 0.104. The molecular formula is C21H26N4O5. The molecule has 1 aliphatic heterocycles. The number of nitrogens with one attached hydrogen (secondary N) is 1. The van der Waals surface area contributed by atoms with E-state index in [-0.39, 0.29) is 11.6 Å². The van der Waals surface area contributed by atoms with E-state index in [0.717, 1.165) is 25.1 Å². The van der Waals surface area contributed by atoms with Gasteiger partial charge in [-0.25, -0.2) is 5.43 Å². The molecule has 0 unspecified atom stereocenters. The van der Waals surface area contributed by atoms with Crippen LogP contribution < -0.4 is 10.2 Å². The number of carbonyl (C=O) groups is 1. The summed E-state index contributed by atoms with van der Waals surface area (Å²) < 4.78 is 10.7. The molecule has 1 aromatic heterocycles. The molecule has 0 atom stereocenters. The SMILES string of the molecule is O=C(N/N=C/c1ccc([N+](=O)[O-])o1)c1ccc(OCCCCN2CCCCC2)cc1. The molecular weight excluding hydrogens is 388 g/mol. The van der Waals surface area contributed by atoms with Gasteiger partial charge in [-0.1, -0.05) is 6.42 Å². The predicted molar refractivity (Wildman–Crippen MR) is 112 cm³/mol. The highest BCUT2D eigenvalue weighted by atomic mass is 16.6. The number of likely N-dealkylation sites (tertiary alicyclic amines) is 1. The van der Waals surface area contributed by atoms with Crippen molar-refractivity contribution in [3.63, 3.8) is 0 Å². The van der Waals surface area contributed by atoms with Gasteiger partial charge in [-0.2, -0.15) is 5.10 Å². The Hall–Kier alpha value is -3.20. The van der Waals surface area contributed by atoms with E-state index in [2.05, 4.69) is 15.4 Å². The molecule has 0 radical (unpaired) electrons. The molecule has 0 aliphatic carbocycles. The van der Waals surface area contributed by atoms with Crippen LogP contribution in [0.25, 0.3) is 0 Å². The Labute approximate surface area is 174 Å². The Bertz CT molecular complexity index is 857. The number of hydrazone groups is 1. The Morgan fingerprint density at radius 2 is 1.93 bits per heavy atom. The fourth-order valence-electron chi connectivity index (χ4n) is 3.24. The molecule has 0 bridgehead atoms. The van der Waals surface area contributed by atoms with Gasteiger partial charge in [-0.05, 0) is 75.6 Å². The van der Waals surface area contributed by atoms with Crippen LogP contribution in [-0.2, 0) is 0 Å². The molecule has 160 valence electrons. The minimum Gasteiger partial charge on any atom is -0.494 e. The molecule has 0 saturated carbocycles. The Morgan fingerprint density at radius 1 is 1.17 bits per heavy atom. The Kier molecular flexibility index (Phi) is 7.96. The lowest BCUT2D eigenvalue weighted by Gasteiger charge is -2.26. The third-order valence-corrected chi connectivity index (χ3v) is 4.85. The molecule has 30 heavy (non-hydrogen) atoms. The molecule has 1 aliphatic rings. The lowest BCUT2D eigenvalue weighted by Crippen LogP contribution is -2.30. The lowest BCUT2D eigenvalue weighted by molar-refractivity contribution is -0.402. The third kappa shape index (κ3) is 6.70. The topological polar surface area (TPSA) is 110 Å². The molecule has 0 spiro atoms. The van der Waals surface area contributed by atoms with Gasteiger partial charge in [-0.3, -0.25) is 14.9 Å². The summed E-state index contributed by atoms with van der Waals surface area (Å²) in [7, 11) is 0. The van der Waals surface area contributed by atoms with Crippen molar-refractivity contribution >= 4 is 18.0 Å². The molecule has 2 heterocycles. The van der Waals surface area contributed by atoms with Crippen LogP contribution in [0.5, 0.6) is 5.75 Å². The van der Waals surface area contributed by atoms with Gasteiger partial charge in [-0.15, -0.1) is 0 Å². The number of hydrogen-bond donors (Lipinski definition) is 1. The van der Waals surface area contributed by atoms with E-state index < -0.39 is 10.8 Å². The number of ether oxygens (including phenoxy) is 1. The largest absolute Gasteiger partial charge is 0.494 e. The maximum Gasteiger partial charge on any atom is 0.433 e. The monoisotopic (exact) mass is 414 g/mol. The van der Waals surface area contributed by atoms with Crippen LogP contribution in [0.1, 0.15) is 48.2 Å². The number of benzene rings is 1. The van der Waals surface area contributed by atoms with E-state index in [4.69, 9.17) is 9.15 Å². The molecule has 1 saturated heterocycles. The first-order chi connectivity index (χ1) is 14.6. The van der Waals surface area contributed by atoms with Crippen LogP contribution >= 0.6 is 0 Å². The lowest BCUT2D eigenvalue weighted by atomic mass is 10.1. The molecule has 1 fully saturated rings. The molecule has 1 aromatic carbocycles. The van der Waals surface area contributed by atoms with Crippen LogP contribution in [0, 0.1) is 10.1 Å². The second-order valence-corrected chi connectivity index (χ2v) is 7.11. The number of furan rings is 1. The number of hydrogen-bond acceptors (Lipinski definition) is 7. The molecule has 2 aromatic rings. The summed E-state index contributed by atoms with van der Waals surface area (Å²) >= 11 is 0. The van der Waals surface area contributed by atoms with Crippen molar-refractivity contribution in [2.24, 2.45) is 5.10 Å². The third-order valence-electron chi connectivity index (χ3n) is 4.85. The zero-order valence-corrected chi connectivity index (χ0v) is 16.8. The van der Waals surface area contributed by atoms with Gasteiger partial charge in [0.1, 0.15) is 10.7 Å². The smallest absolute Gasteiger partial charge is 0.433 e. The molecule has 3 rings (SSSR count). The van der Waals surface area contributed by atoms with Gasteiger partial charge < -0.3 is 14.1 Å². The average molecular weight is 414 g/mol. The standard InChI is InChI=1S/C21H26N4O5/c26-21(23-22-16-19-10-11-20(30-19)25(27)28)17-6-8-18(9-7-17)29-15-5-4-14-24-12-2-1-3-13-24/h6-11,16H,1-5,12-15H2,(H,23,26)/b22-16+. The molecule has 1 amide bonds. The van der Waals surface area contributed by atoms with E-state index in [1.807, 2.05) is 0 Å². The Balaban J connectivity index is 1.36. The fourth-order valence-corrected chi connectivity index (χ4v) is 3.24.